The van der Waals surface area contributed by atoms with Crippen LogP contribution in [0.2, 0.25) is 0 Å². The van der Waals surface area contributed by atoms with E-state index in [0.29, 0.717) is 0 Å². The van der Waals surface area contributed by atoms with Crippen LogP contribution in [0.3, 0.4) is 0 Å². The van der Waals surface area contributed by atoms with E-state index in [4.69, 9.17) is 22.3 Å². The topological polar surface area (TPSA) is 115 Å². The molecular formula is C3H10N6. The summed E-state index contributed by atoms with van der Waals surface area (Å²) in [6, 6.07) is 0. The second kappa shape index (κ2) is 2.75. The third-order valence-electron chi connectivity index (χ3n) is 0.650. The Morgan fingerprint density at radius 2 is 1.89 bits per heavy atom. The Balaban J connectivity index is 3.63. The lowest BCUT2D eigenvalue weighted by molar-refractivity contribution is 0.444. The fourth-order valence-electron chi connectivity index (χ4n) is 0.241. The Bertz CT molecular complexity index is 128. The largest absolute Gasteiger partial charge is 0.369 e. The SMILES string of the molecule is CN(NC(=N)N)C(=N)N. The van der Waals surface area contributed by atoms with E-state index in [1.807, 2.05) is 0 Å². The molecule has 0 amide bonds. The van der Waals surface area contributed by atoms with Gasteiger partial charge >= 0.3 is 0 Å². The Morgan fingerprint density at radius 3 is 2.00 bits per heavy atom. The van der Waals surface area contributed by atoms with Gasteiger partial charge in [0.25, 0.3) is 0 Å². The van der Waals surface area contributed by atoms with Crippen molar-refractivity contribution in [1.82, 2.24) is 10.4 Å². The lowest BCUT2D eigenvalue weighted by atomic mass is 10.9. The molecule has 0 fully saturated rings. The van der Waals surface area contributed by atoms with E-state index >= 15 is 0 Å². The predicted molar refractivity (Wildman–Crippen MR) is 34.7 cm³/mol. The maximum absolute atomic E-state index is 6.78. The molecule has 0 heterocycles. The lowest BCUT2D eigenvalue weighted by Crippen LogP contribution is -2.48. The molecule has 6 heteroatoms. The molecule has 9 heavy (non-hydrogen) atoms. The lowest BCUT2D eigenvalue weighted by Gasteiger charge is -2.16. The summed E-state index contributed by atoms with van der Waals surface area (Å²) in [5.41, 5.74) is 12.2. The average molecular weight is 130 g/mol. The summed E-state index contributed by atoms with van der Waals surface area (Å²) in [6.45, 7) is 0. The Morgan fingerprint density at radius 1 is 1.44 bits per heavy atom. The third kappa shape index (κ3) is 3.15. The zero-order chi connectivity index (χ0) is 7.44. The molecule has 0 bridgehead atoms. The van der Waals surface area contributed by atoms with Gasteiger partial charge in [-0.1, -0.05) is 0 Å². The molecule has 0 radical (unpaired) electrons. The monoisotopic (exact) mass is 130 g/mol. The summed E-state index contributed by atoms with van der Waals surface area (Å²) in [6.07, 6.45) is 0. The Hall–Kier alpha value is -1.46. The Kier molecular flexibility index (Phi) is 2.31. The van der Waals surface area contributed by atoms with Gasteiger partial charge in [-0.15, -0.1) is 0 Å². The highest BCUT2D eigenvalue weighted by Crippen LogP contribution is 1.66. The highest BCUT2D eigenvalue weighted by Gasteiger charge is 1.96. The first kappa shape index (κ1) is 7.54. The standard InChI is InChI=1S/C3H10N6/c1-9(3(6)7)8-2(4)5/h1H3,(H3,6,7)(H4,4,5,8). The van der Waals surface area contributed by atoms with Gasteiger partial charge in [-0.05, 0) is 0 Å². The van der Waals surface area contributed by atoms with Crippen LogP contribution in [-0.2, 0) is 0 Å². The van der Waals surface area contributed by atoms with Crippen LogP contribution in [0.25, 0.3) is 0 Å². The normalized spacial score (nSPS) is 8.11. The fourth-order valence-corrected chi connectivity index (χ4v) is 0.241. The van der Waals surface area contributed by atoms with Gasteiger partial charge in [0, 0.05) is 7.05 Å². The molecule has 0 unspecified atom stereocenters. The van der Waals surface area contributed by atoms with E-state index in [2.05, 4.69) is 5.43 Å². The Labute approximate surface area is 52.8 Å². The van der Waals surface area contributed by atoms with Gasteiger partial charge in [0.1, 0.15) is 0 Å². The number of nitrogens with two attached hydrogens (primary N) is 2. The van der Waals surface area contributed by atoms with E-state index in [9.17, 15) is 0 Å². The van der Waals surface area contributed by atoms with Gasteiger partial charge in [0.05, 0.1) is 0 Å². The molecule has 52 valence electrons. The minimum absolute atomic E-state index is 0.190. The van der Waals surface area contributed by atoms with Gasteiger partial charge < -0.3 is 11.5 Å². The maximum atomic E-state index is 6.78. The number of hydrogen-bond donors (Lipinski definition) is 5. The van der Waals surface area contributed by atoms with Crippen LogP contribution in [0.15, 0.2) is 0 Å². The predicted octanol–water partition coefficient (Wildman–Crippen LogP) is -1.79. The first-order chi connectivity index (χ1) is 4.04. The molecule has 0 rings (SSSR count). The number of rotatable bonds is 0. The van der Waals surface area contributed by atoms with Crippen LogP contribution in [0.4, 0.5) is 0 Å². The fraction of sp³-hybridized carbons (Fsp3) is 0.333. The van der Waals surface area contributed by atoms with Crippen LogP contribution < -0.4 is 16.9 Å². The average Bonchev–Trinajstić information content (AvgIpc) is 1.63. The van der Waals surface area contributed by atoms with Crippen molar-refractivity contribution in [3.05, 3.63) is 0 Å². The number of hydrogen-bond acceptors (Lipinski definition) is 2. The summed E-state index contributed by atoms with van der Waals surface area (Å²) >= 11 is 0. The molecular weight excluding hydrogens is 120 g/mol. The number of nitrogens with zero attached hydrogens (tertiary/aromatic N) is 1. The molecule has 0 aromatic heterocycles. The van der Waals surface area contributed by atoms with Crippen LogP contribution in [-0.4, -0.2) is 24.0 Å². The molecule has 0 saturated carbocycles. The van der Waals surface area contributed by atoms with Gasteiger partial charge in [0.2, 0.25) is 11.9 Å². The van der Waals surface area contributed by atoms with Gasteiger partial charge in [-0.3, -0.25) is 21.3 Å². The van der Waals surface area contributed by atoms with Crippen molar-refractivity contribution in [2.75, 3.05) is 7.05 Å². The summed E-state index contributed by atoms with van der Waals surface area (Å²) in [5.74, 6) is -0.432. The van der Waals surface area contributed by atoms with E-state index in [1.165, 1.54) is 7.05 Å². The first-order valence-corrected chi connectivity index (χ1v) is 2.22. The van der Waals surface area contributed by atoms with Crippen molar-refractivity contribution in [1.29, 1.82) is 10.8 Å². The molecule has 0 aromatic carbocycles. The van der Waals surface area contributed by atoms with Crippen molar-refractivity contribution >= 4 is 11.9 Å². The third-order valence-corrected chi connectivity index (χ3v) is 0.650. The minimum atomic E-state index is -0.243. The van der Waals surface area contributed by atoms with E-state index in [1.54, 1.807) is 0 Å². The van der Waals surface area contributed by atoms with Crippen LogP contribution in [0.1, 0.15) is 0 Å². The number of nitrogens with one attached hydrogen (secondary N) is 3. The zero-order valence-corrected chi connectivity index (χ0v) is 5.10. The van der Waals surface area contributed by atoms with Gasteiger partial charge in [-0.2, -0.15) is 0 Å². The summed E-state index contributed by atoms with van der Waals surface area (Å²) in [4.78, 5) is 0. The molecule has 6 nitrogen and oxygen atoms in total. The summed E-state index contributed by atoms with van der Waals surface area (Å²) in [7, 11) is 1.49. The van der Waals surface area contributed by atoms with E-state index in [0.717, 1.165) is 5.01 Å². The van der Waals surface area contributed by atoms with Crippen molar-refractivity contribution in [3.8, 4) is 0 Å². The molecule has 0 atom stereocenters. The van der Waals surface area contributed by atoms with Crippen LogP contribution in [0.5, 0.6) is 0 Å². The highest BCUT2D eigenvalue weighted by molar-refractivity contribution is 5.80. The molecule has 0 aliphatic carbocycles. The van der Waals surface area contributed by atoms with Crippen molar-refractivity contribution in [2.24, 2.45) is 11.5 Å². The van der Waals surface area contributed by atoms with Crippen LogP contribution >= 0.6 is 0 Å². The molecule has 0 aliphatic rings. The van der Waals surface area contributed by atoms with Crippen LogP contribution in [0, 0.1) is 10.8 Å². The van der Waals surface area contributed by atoms with Crippen molar-refractivity contribution < 1.29 is 0 Å². The number of hydrazine groups is 1. The van der Waals surface area contributed by atoms with Gasteiger partial charge in [-0.25, -0.2) is 0 Å². The first-order valence-electron chi connectivity index (χ1n) is 2.22. The molecule has 0 aliphatic heterocycles. The van der Waals surface area contributed by atoms with E-state index in [-0.39, 0.29) is 11.9 Å². The minimum Gasteiger partial charge on any atom is -0.369 e. The van der Waals surface area contributed by atoms with Crippen molar-refractivity contribution in [2.45, 2.75) is 0 Å². The number of guanidine groups is 2. The smallest absolute Gasteiger partial charge is 0.207 e. The summed E-state index contributed by atoms with van der Waals surface area (Å²) < 4.78 is 0. The summed E-state index contributed by atoms with van der Waals surface area (Å²) in [5, 5.41) is 14.6. The second-order valence-corrected chi connectivity index (χ2v) is 1.47. The molecule has 0 aromatic rings. The van der Waals surface area contributed by atoms with E-state index < -0.39 is 0 Å². The second-order valence-electron chi connectivity index (χ2n) is 1.47. The highest BCUT2D eigenvalue weighted by atomic mass is 15.6. The van der Waals surface area contributed by atoms with Crippen molar-refractivity contribution in [3.63, 3.8) is 0 Å². The zero-order valence-electron chi connectivity index (χ0n) is 5.10. The molecule has 0 saturated heterocycles. The molecule has 7 N–H and O–H groups in total. The molecule has 0 spiro atoms. The maximum Gasteiger partial charge on any atom is 0.207 e. The quantitative estimate of drug-likeness (QED) is 0.151. The van der Waals surface area contributed by atoms with Gasteiger partial charge in [0.15, 0.2) is 0 Å².